The summed E-state index contributed by atoms with van der Waals surface area (Å²) in [6.45, 7) is 0.393. The van der Waals surface area contributed by atoms with Crippen molar-refractivity contribution in [3.05, 3.63) is 101 Å². The number of hydrogen-bond donors (Lipinski definition) is 0. The summed E-state index contributed by atoms with van der Waals surface area (Å²) in [6, 6.07) is 20.9. The standard InChI is InChI=1S/C24H24NO/c26-24(23-11-10-21-8-4-5-9-22(21)17-23)18-25-14-12-20(13-15-25)16-19-6-2-1-3-7-19/h1-3,6-7,10-15,17H,4-5,8-9,16,18H2/q+1. The van der Waals surface area contributed by atoms with Crippen molar-refractivity contribution in [1.29, 1.82) is 0 Å². The number of aromatic nitrogens is 1. The zero-order valence-electron chi connectivity index (χ0n) is 15.0. The molecule has 1 heterocycles. The quantitative estimate of drug-likeness (QED) is 0.499. The Labute approximate surface area is 155 Å². The number of pyridine rings is 1. The van der Waals surface area contributed by atoms with Gasteiger partial charge in [0.1, 0.15) is 0 Å². The number of benzene rings is 2. The van der Waals surface area contributed by atoms with E-state index in [4.69, 9.17) is 0 Å². The molecule has 0 N–H and O–H groups in total. The van der Waals surface area contributed by atoms with E-state index in [1.54, 1.807) is 0 Å². The van der Waals surface area contributed by atoms with Gasteiger partial charge in [-0.25, -0.2) is 0 Å². The number of carbonyl (C=O) groups is 1. The topological polar surface area (TPSA) is 20.9 Å². The number of fused-ring (bicyclic) bond motifs is 1. The van der Waals surface area contributed by atoms with Crippen LogP contribution in [0.5, 0.6) is 0 Å². The Morgan fingerprint density at radius 1 is 0.808 bits per heavy atom. The lowest BCUT2D eigenvalue weighted by Crippen LogP contribution is -2.37. The van der Waals surface area contributed by atoms with E-state index in [0.29, 0.717) is 6.54 Å². The molecule has 1 aliphatic carbocycles. The van der Waals surface area contributed by atoms with E-state index in [0.717, 1.165) is 24.8 Å². The predicted octanol–water partition coefficient (Wildman–Crippen LogP) is 4.33. The SMILES string of the molecule is O=C(C[n+]1ccc(Cc2ccccc2)cc1)c1ccc2c(c1)CCCC2. The van der Waals surface area contributed by atoms with E-state index in [9.17, 15) is 4.79 Å². The molecular formula is C24H24NO+. The highest BCUT2D eigenvalue weighted by atomic mass is 16.1. The van der Waals surface area contributed by atoms with Gasteiger partial charge in [-0.1, -0.05) is 42.5 Å². The van der Waals surface area contributed by atoms with Crippen LogP contribution in [0.1, 0.15) is 45.5 Å². The number of carbonyl (C=O) groups excluding carboxylic acids is 1. The molecule has 0 saturated heterocycles. The molecule has 1 aromatic heterocycles. The Morgan fingerprint density at radius 2 is 1.50 bits per heavy atom. The van der Waals surface area contributed by atoms with E-state index in [1.165, 1.54) is 35.1 Å². The van der Waals surface area contributed by atoms with Gasteiger partial charge in [0, 0.05) is 17.7 Å². The van der Waals surface area contributed by atoms with Gasteiger partial charge in [-0.2, -0.15) is 4.57 Å². The molecule has 2 heteroatoms. The Kier molecular flexibility index (Phi) is 4.92. The molecule has 4 rings (SSSR count). The van der Waals surface area contributed by atoms with Gasteiger partial charge < -0.3 is 0 Å². The van der Waals surface area contributed by atoms with Crippen LogP contribution < -0.4 is 4.57 Å². The lowest BCUT2D eigenvalue weighted by molar-refractivity contribution is -0.683. The summed E-state index contributed by atoms with van der Waals surface area (Å²) in [7, 11) is 0. The summed E-state index contributed by atoms with van der Waals surface area (Å²) in [5, 5.41) is 0. The molecule has 1 aliphatic rings. The van der Waals surface area contributed by atoms with Crippen molar-refractivity contribution in [2.45, 2.75) is 38.6 Å². The molecule has 2 nitrogen and oxygen atoms in total. The lowest BCUT2D eigenvalue weighted by Gasteiger charge is -2.15. The first-order valence-electron chi connectivity index (χ1n) is 9.45. The molecule has 0 spiro atoms. The van der Waals surface area contributed by atoms with Crippen LogP contribution in [0.4, 0.5) is 0 Å². The summed E-state index contributed by atoms with van der Waals surface area (Å²) in [5.74, 6) is 0.180. The van der Waals surface area contributed by atoms with Crippen LogP contribution in [0.15, 0.2) is 73.1 Å². The first kappa shape index (κ1) is 16.7. The van der Waals surface area contributed by atoms with Crippen LogP contribution in [0.25, 0.3) is 0 Å². The second kappa shape index (κ2) is 7.65. The average molecular weight is 342 g/mol. The Bertz CT molecular complexity index is 897. The van der Waals surface area contributed by atoms with Gasteiger partial charge in [0.15, 0.2) is 12.4 Å². The maximum atomic E-state index is 12.7. The molecule has 0 bridgehead atoms. The van der Waals surface area contributed by atoms with Crippen molar-refractivity contribution in [2.24, 2.45) is 0 Å². The largest absolute Gasteiger partial charge is 0.287 e. The number of hydrogen-bond acceptors (Lipinski definition) is 1. The number of ketones is 1. The summed E-state index contributed by atoms with van der Waals surface area (Å²) in [4.78, 5) is 12.7. The van der Waals surface area contributed by atoms with Crippen molar-refractivity contribution in [3.63, 3.8) is 0 Å². The smallest absolute Gasteiger partial charge is 0.227 e. The second-order valence-corrected chi connectivity index (χ2v) is 7.15. The van der Waals surface area contributed by atoms with E-state index >= 15 is 0 Å². The first-order chi connectivity index (χ1) is 12.8. The average Bonchev–Trinajstić information content (AvgIpc) is 2.70. The molecule has 0 fully saturated rings. The third-order valence-corrected chi connectivity index (χ3v) is 5.21. The minimum absolute atomic E-state index is 0.180. The minimum atomic E-state index is 0.180. The normalized spacial score (nSPS) is 13.2. The van der Waals surface area contributed by atoms with Crippen molar-refractivity contribution in [2.75, 3.05) is 0 Å². The Morgan fingerprint density at radius 3 is 2.27 bits per heavy atom. The van der Waals surface area contributed by atoms with Crippen LogP contribution in [0.3, 0.4) is 0 Å². The van der Waals surface area contributed by atoms with E-state index in [-0.39, 0.29) is 5.78 Å². The highest BCUT2D eigenvalue weighted by molar-refractivity contribution is 5.95. The van der Waals surface area contributed by atoms with Crippen LogP contribution in [-0.4, -0.2) is 5.78 Å². The first-order valence-corrected chi connectivity index (χ1v) is 9.45. The van der Waals surface area contributed by atoms with Gasteiger partial charge in [0.2, 0.25) is 12.3 Å². The zero-order valence-corrected chi connectivity index (χ0v) is 15.0. The number of Topliss-reactive ketones (excluding diaryl/α,β-unsaturated/α-hetero) is 1. The fourth-order valence-corrected chi connectivity index (χ4v) is 3.71. The second-order valence-electron chi connectivity index (χ2n) is 7.15. The molecule has 0 amide bonds. The molecule has 0 radical (unpaired) electrons. The highest BCUT2D eigenvalue weighted by Gasteiger charge is 2.16. The fourth-order valence-electron chi connectivity index (χ4n) is 3.71. The number of aryl methyl sites for hydroxylation is 2. The molecule has 3 aromatic rings. The van der Waals surface area contributed by atoms with Crippen LogP contribution in [-0.2, 0) is 25.8 Å². The molecule has 0 saturated carbocycles. The molecule has 2 aromatic carbocycles. The van der Waals surface area contributed by atoms with Gasteiger partial charge in [0.05, 0.1) is 0 Å². The van der Waals surface area contributed by atoms with Crippen LogP contribution in [0, 0.1) is 0 Å². The molecule has 0 atom stereocenters. The third-order valence-electron chi connectivity index (χ3n) is 5.21. The summed E-state index contributed by atoms with van der Waals surface area (Å²) >= 11 is 0. The maximum Gasteiger partial charge on any atom is 0.227 e. The van der Waals surface area contributed by atoms with Crippen molar-refractivity contribution in [1.82, 2.24) is 0 Å². The van der Waals surface area contributed by atoms with Gasteiger partial charge in [0.25, 0.3) is 0 Å². The molecule has 0 unspecified atom stereocenters. The van der Waals surface area contributed by atoms with E-state index in [1.807, 2.05) is 29.1 Å². The Balaban J connectivity index is 1.43. The van der Waals surface area contributed by atoms with Gasteiger partial charge in [-0.05, 0) is 60.4 Å². The van der Waals surface area contributed by atoms with Crippen LogP contribution in [0.2, 0.25) is 0 Å². The monoisotopic (exact) mass is 342 g/mol. The summed E-state index contributed by atoms with van der Waals surface area (Å²) in [6.07, 6.45) is 9.70. The fraction of sp³-hybridized carbons (Fsp3) is 0.250. The molecule has 0 aliphatic heterocycles. The number of rotatable bonds is 5. The number of nitrogens with zero attached hydrogens (tertiary/aromatic N) is 1. The van der Waals surface area contributed by atoms with E-state index in [2.05, 4.69) is 48.5 Å². The Hall–Kier alpha value is -2.74. The summed E-state index contributed by atoms with van der Waals surface area (Å²) in [5.41, 5.74) is 6.19. The van der Waals surface area contributed by atoms with Gasteiger partial charge in [-0.3, -0.25) is 4.79 Å². The van der Waals surface area contributed by atoms with Crippen LogP contribution >= 0.6 is 0 Å². The molecular weight excluding hydrogens is 318 g/mol. The van der Waals surface area contributed by atoms with Crippen molar-refractivity contribution >= 4 is 5.78 Å². The maximum absolute atomic E-state index is 12.7. The van der Waals surface area contributed by atoms with Gasteiger partial charge >= 0.3 is 0 Å². The summed E-state index contributed by atoms with van der Waals surface area (Å²) < 4.78 is 1.97. The van der Waals surface area contributed by atoms with Crippen molar-refractivity contribution < 1.29 is 9.36 Å². The lowest BCUT2D eigenvalue weighted by atomic mass is 9.90. The molecule has 130 valence electrons. The zero-order chi connectivity index (χ0) is 17.8. The van der Waals surface area contributed by atoms with E-state index < -0.39 is 0 Å². The highest BCUT2D eigenvalue weighted by Crippen LogP contribution is 2.22. The van der Waals surface area contributed by atoms with Gasteiger partial charge in [-0.15, -0.1) is 0 Å². The molecule has 26 heavy (non-hydrogen) atoms. The van der Waals surface area contributed by atoms with Crippen molar-refractivity contribution in [3.8, 4) is 0 Å². The minimum Gasteiger partial charge on any atom is -0.287 e. The predicted molar refractivity (Wildman–Crippen MR) is 103 cm³/mol. The third kappa shape index (κ3) is 3.91.